The second kappa shape index (κ2) is 6.19. The second-order valence-corrected chi connectivity index (χ2v) is 6.48. The maximum atomic E-state index is 6.05. The Bertz CT molecular complexity index is 229. The summed E-state index contributed by atoms with van der Waals surface area (Å²) in [4.78, 5) is 0. The van der Waals surface area contributed by atoms with Gasteiger partial charge in [0.15, 0.2) is 0 Å². The van der Waals surface area contributed by atoms with Crippen LogP contribution < -0.4 is 5.32 Å². The van der Waals surface area contributed by atoms with Gasteiger partial charge in [-0.2, -0.15) is 0 Å². The van der Waals surface area contributed by atoms with Gasteiger partial charge in [0.1, 0.15) is 0 Å². The minimum absolute atomic E-state index is 0.545. The molecule has 4 unspecified atom stereocenters. The van der Waals surface area contributed by atoms with Crippen molar-refractivity contribution in [2.24, 2.45) is 17.8 Å². The van der Waals surface area contributed by atoms with Crippen molar-refractivity contribution in [3.05, 3.63) is 0 Å². The number of hydrogen-bond acceptors (Lipinski definition) is 2. The molecule has 1 heterocycles. The van der Waals surface area contributed by atoms with E-state index in [0.717, 1.165) is 30.9 Å². The van der Waals surface area contributed by atoms with Crippen LogP contribution in [-0.2, 0) is 4.74 Å². The fourth-order valence-electron chi connectivity index (χ4n) is 3.56. The van der Waals surface area contributed by atoms with E-state index in [1.807, 2.05) is 0 Å². The molecule has 1 saturated carbocycles. The monoisotopic (exact) mass is 239 g/mol. The van der Waals surface area contributed by atoms with Crippen LogP contribution in [0.5, 0.6) is 0 Å². The van der Waals surface area contributed by atoms with Crippen LogP contribution in [0.4, 0.5) is 0 Å². The van der Waals surface area contributed by atoms with Crippen molar-refractivity contribution in [3.8, 4) is 0 Å². The lowest BCUT2D eigenvalue weighted by molar-refractivity contribution is 0.0185. The lowest BCUT2D eigenvalue weighted by Crippen LogP contribution is -2.37. The Morgan fingerprint density at radius 2 is 2.06 bits per heavy atom. The van der Waals surface area contributed by atoms with Crippen molar-refractivity contribution >= 4 is 0 Å². The zero-order valence-electron chi connectivity index (χ0n) is 11.7. The van der Waals surface area contributed by atoms with Crippen LogP contribution in [0.25, 0.3) is 0 Å². The van der Waals surface area contributed by atoms with Crippen LogP contribution in [0.3, 0.4) is 0 Å². The highest BCUT2D eigenvalue weighted by Crippen LogP contribution is 2.37. The van der Waals surface area contributed by atoms with E-state index in [-0.39, 0.29) is 0 Å². The van der Waals surface area contributed by atoms with Crippen molar-refractivity contribution in [3.63, 3.8) is 0 Å². The Kier molecular flexibility index (Phi) is 4.87. The van der Waals surface area contributed by atoms with Crippen molar-refractivity contribution in [2.45, 2.75) is 65.0 Å². The Balaban J connectivity index is 1.85. The minimum atomic E-state index is 0.545. The summed E-state index contributed by atoms with van der Waals surface area (Å²) in [6.45, 7) is 9.00. The zero-order valence-corrected chi connectivity index (χ0v) is 11.7. The molecule has 0 radical (unpaired) electrons. The SMILES string of the molecule is CC1CCCC(C2OCCC2CNC(C)C)C1. The van der Waals surface area contributed by atoms with Crippen molar-refractivity contribution in [1.29, 1.82) is 0 Å². The first-order chi connectivity index (χ1) is 8.16. The zero-order chi connectivity index (χ0) is 12.3. The molecule has 2 rings (SSSR count). The molecule has 0 aromatic heterocycles. The van der Waals surface area contributed by atoms with Gasteiger partial charge in [0.05, 0.1) is 6.10 Å². The average Bonchev–Trinajstić information content (AvgIpc) is 2.74. The van der Waals surface area contributed by atoms with E-state index in [2.05, 4.69) is 26.1 Å². The Hall–Kier alpha value is -0.0800. The molecule has 0 aromatic rings. The van der Waals surface area contributed by atoms with E-state index in [9.17, 15) is 0 Å². The fraction of sp³-hybridized carbons (Fsp3) is 1.00. The smallest absolute Gasteiger partial charge is 0.0644 e. The van der Waals surface area contributed by atoms with Gasteiger partial charge in [-0.3, -0.25) is 0 Å². The molecular formula is C15H29NO. The normalized spacial score (nSPS) is 38.8. The summed E-state index contributed by atoms with van der Waals surface area (Å²) in [5.41, 5.74) is 0. The maximum Gasteiger partial charge on any atom is 0.0644 e. The Morgan fingerprint density at radius 3 is 2.76 bits per heavy atom. The fourth-order valence-corrected chi connectivity index (χ4v) is 3.56. The van der Waals surface area contributed by atoms with Crippen molar-refractivity contribution in [2.75, 3.05) is 13.2 Å². The Morgan fingerprint density at radius 1 is 1.24 bits per heavy atom. The summed E-state index contributed by atoms with van der Waals surface area (Å²) in [7, 11) is 0. The molecule has 100 valence electrons. The van der Waals surface area contributed by atoms with Crippen LogP contribution in [0.2, 0.25) is 0 Å². The van der Waals surface area contributed by atoms with Crippen LogP contribution in [0, 0.1) is 17.8 Å². The largest absolute Gasteiger partial charge is 0.378 e. The van der Waals surface area contributed by atoms with Gasteiger partial charge in [-0.05, 0) is 31.1 Å². The molecule has 2 fully saturated rings. The van der Waals surface area contributed by atoms with E-state index in [4.69, 9.17) is 4.74 Å². The van der Waals surface area contributed by atoms with E-state index in [1.165, 1.54) is 32.1 Å². The quantitative estimate of drug-likeness (QED) is 0.813. The third kappa shape index (κ3) is 3.69. The highest BCUT2D eigenvalue weighted by Gasteiger charge is 2.36. The summed E-state index contributed by atoms with van der Waals surface area (Å²) in [6.07, 6.45) is 7.43. The molecule has 0 spiro atoms. The summed E-state index contributed by atoms with van der Waals surface area (Å²) < 4.78 is 6.05. The molecule has 17 heavy (non-hydrogen) atoms. The molecule has 1 aliphatic carbocycles. The lowest BCUT2D eigenvalue weighted by atomic mass is 9.76. The minimum Gasteiger partial charge on any atom is -0.378 e. The summed E-state index contributed by atoms with van der Waals surface area (Å²) in [5, 5.41) is 3.59. The number of rotatable bonds is 4. The van der Waals surface area contributed by atoms with Crippen molar-refractivity contribution in [1.82, 2.24) is 5.32 Å². The van der Waals surface area contributed by atoms with Gasteiger partial charge in [0.25, 0.3) is 0 Å². The molecule has 2 aliphatic rings. The van der Waals surface area contributed by atoms with Crippen LogP contribution in [-0.4, -0.2) is 25.3 Å². The van der Waals surface area contributed by atoms with Gasteiger partial charge in [0, 0.05) is 25.1 Å². The summed E-state index contributed by atoms with van der Waals surface area (Å²) >= 11 is 0. The van der Waals surface area contributed by atoms with E-state index >= 15 is 0 Å². The van der Waals surface area contributed by atoms with E-state index in [0.29, 0.717) is 12.1 Å². The molecule has 0 amide bonds. The third-order valence-electron chi connectivity index (χ3n) is 4.49. The number of hydrogen-bond donors (Lipinski definition) is 1. The second-order valence-electron chi connectivity index (χ2n) is 6.48. The summed E-state index contributed by atoms with van der Waals surface area (Å²) in [6, 6.07) is 0.599. The average molecular weight is 239 g/mol. The van der Waals surface area contributed by atoms with Gasteiger partial charge in [-0.15, -0.1) is 0 Å². The molecule has 4 atom stereocenters. The predicted octanol–water partition coefficient (Wildman–Crippen LogP) is 3.22. The third-order valence-corrected chi connectivity index (χ3v) is 4.49. The first kappa shape index (κ1) is 13.4. The Labute approximate surface area is 107 Å². The van der Waals surface area contributed by atoms with Gasteiger partial charge < -0.3 is 10.1 Å². The van der Waals surface area contributed by atoms with Crippen molar-refractivity contribution < 1.29 is 4.74 Å². The summed E-state index contributed by atoms with van der Waals surface area (Å²) in [5.74, 6) is 2.50. The van der Waals surface area contributed by atoms with E-state index in [1.54, 1.807) is 0 Å². The molecule has 1 aliphatic heterocycles. The molecule has 2 nitrogen and oxygen atoms in total. The van der Waals surface area contributed by atoms with Gasteiger partial charge in [0.2, 0.25) is 0 Å². The molecule has 1 saturated heterocycles. The molecule has 1 N–H and O–H groups in total. The van der Waals surface area contributed by atoms with Crippen LogP contribution >= 0.6 is 0 Å². The first-order valence-corrected chi connectivity index (χ1v) is 7.51. The number of nitrogens with one attached hydrogen (secondary N) is 1. The molecular weight excluding hydrogens is 210 g/mol. The van der Waals surface area contributed by atoms with Gasteiger partial charge >= 0.3 is 0 Å². The highest BCUT2D eigenvalue weighted by atomic mass is 16.5. The molecule has 2 heteroatoms. The first-order valence-electron chi connectivity index (χ1n) is 7.51. The van der Waals surface area contributed by atoms with Gasteiger partial charge in [-0.25, -0.2) is 0 Å². The maximum absolute atomic E-state index is 6.05. The lowest BCUT2D eigenvalue weighted by Gasteiger charge is -2.33. The standard InChI is InChI=1S/C15H29NO/c1-11(2)16-10-14-7-8-17-15(14)13-6-4-5-12(3)9-13/h11-16H,4-10H2,1-3H3. The predicted molar refractivity (Wildman–Crippen MR) is 72.1 cm³/mol. The molecule has 0 bridgehead atoms. The van der Waals surface area contributed by atoms with Crippen LogP contribution in [0.15, 0.2) is 0 Å². The molecule has 0 aromatic carbocycles. The number of ether oxygens (including phenoxy) is 1. The van der Waals surface area contributed by atoms with Crippen LogP contribution in [0.1, 0.15) is 52.9 Å². The van der Waals surface area contributed by atoms with E-state index < -0.39 is 0 Å². The topological polar surface area (TPSA) is 21.3 Å². The highest BCUT2D eigenvalue weighted by molar-refractivity contribution is 4.86. The van der Waals surface area contributed by atoms with Gasteiger partial charge in [-0.1, -0.05) is 33.6 Å².